The topological polar surface area (TPSA) is 80.2 Å². The number of amides is 1. The number of thioether (sulfide) groups is 2. The van der Waals surface area contributed by atoms with Crippen LogP contribution < -0.4 is 14.9 Å². The molecule has 0 unspecified atom stereocenters. The number of rotatable bonds is 7. The van der Waals surface area contributed by atoms with E-state index in [0.717, 1.165) is 0 Å². The van der Waals surface area contributed by atoms with Gasteiger partial charge in [0, 0.05) is 11.5 Å². The predicted octanol–water partition coefficient (Wildman–Crippen LogP) is 4.17. The van der Waals surface area contributed by atoms with Crippen LogP contribution in [-0.4, -0.2) is 42.5 Å². The highest BCUT2D eigenvalue weighted by molar-refractivity contribution is 9.10. The van der Waals surface area contributed by atoms with E-state index in [9.17, 15) is 9.90 Å². The summed E-state index contributed by atoms with van der Waals surface area (Å²) in [6.07, 6.45) is 1.45. The summed E-state index contributed by atoms with van der Waals surface area (Å²) in [6.45, 7) is -0.133. The van der Waals surface area contributed by atoms with Gasteiger partial charge < -0.3 is 14.6 Å². The first kappa shape index (κ1) is 20.9. The number of hydrogen-bond donors (Lipinski definition) is 2. The minimum atomic E-state index is -0.368. The van der Waals surface area contributed by atoms with Crippen LogP contribution in [0.4, 0.5) is 0 Å². The third-order valence-electron chi connectivity index (χ3n) is 3.82. The van der Waals surface area contributed by atoms with Gasteiger partial charge in [-0.3, -0.25) is 4.79 Å². The zero-order valence-electron chi connectivity index (χ0n) is 15.1. The number of carbonyl (C=O) groups is 1. The van der Waals surface area contributed by atoms with Crippen molar-refractivity contribution in [1.82, 2.24) is 5.43 Å². The minimum Gasteiger partial charge on any atom is -0.503 e. The van der Waals surface area contributed by atoms with E-state index >= 15 is 0 Å². The molecule has 148 valence electrons. The average Bonchev–Trinajstić information content (AvgIpc) is 3.24. The molecular weight excluding hydrogens is 464 g/mol. The molecule has 0 spiro atoms. The first-order valence-electron chi connectivity index (χ1n) is 8.41. The zero-order valence-corrected chi connectivity index (χ0v) is 18.3. The fraction of sp³-hybridized carbons (Fsp3) is 0.263. The summed E-state index contributed by atoms with van der Waals surface area (Å²) in [5, 5.41) is 13.7. The number of ether oxygens (including phenoxy) is 2. The van der Waals surface area contributed by atoms with Crippen molar-refractivity contribution in [2.75, 3.05) is 25.2 Å². The van der Waals surface area contributed by atoms with E-state index in [1.807, 2.05) is 47.8 Å². The first-order valence-corrected chi connectivity index (χ1v) is 11.3. The molecule has 1 aliphatic rings. The van der Waals surface area contributed by atoms with Crippen LogP contribution >= 0.6 is 39.5 Å². The Morgan fingerprint density at radius 2 is 2.04 bits per heavy atom. The second-order valence-corrected chi connectivity index (χ2v) is 9.36. The van der Waals surface area contributed by atoms with Gasteiger partial charge in [0.25, 0.3) is 5.91 Å². The number of carbonyl (C=O) groups excluding carboxylic acids is 1. The molecule has 0 bridgehead atoms. The Morgan fingerprint density at radius 3 is 2.71 bits per heavy atom. The van der Waals surface area contributed by atoms with E-state index in [0.29, 0.717) is 26.1 Å². The van der Waals surface area contributed by atoms with E-state index in [2.05, 4.69) is 26.5 Å². The second kappa shape index (κ2) is 10.1. The highest BCUT2D eigenvalue weighted by Crippen LogP contribution is 2.45. The van der Waals surface area contributed by atoms with Crippen LogP contribution in [0.2, 0.25) is 0 Å². The zero-order chi connectivity index (χ0) is 19.9. The van der Waals surface area contributed by atoms with Gasteiger partial charge in [-0.1, -0.05) is 12.1 Å². The molecule has 1 saturated heterocycles. The number of hydrogen-bond acceptors (Lipinski definition) is 7. The van der Waals surface area contributed by atoms with Crippen LogP contribution in [0.5, 0.6) is 17.2 Å². The summed E-state index contributed by atoms with van der Waals surface area (Å²) in [5.74, 6) is 2.95. The number of aromatic hydroxyl groups is 1. The number of methoxy groups -OCH3 is 1. The van der Waals surface area contributed by atoms with Crippen molar-refractivity contribution in [1.29, 1.82) is 0 Å². The Kier molecular flexibility index (Phi) is 7.52. The molecular formula is C19H19BrN2O4S2. The van der Waals surface area contributed by atoms with Gasteiger partial charge in [-0.05, 0) is 51.3 Å². The maximum absolute atomic E-state index is 11.9. The number of phenolic OH excluding ortho intramolecular Hbond substituents is 1. The van der Waals surface area contributed by atoms with Gasteiger partial charge in [0.2, 0.25) is 0 Å². The molecule has 0 saturated carbocycles. The summed E-state index contributed by atoms with van der Waals surface area (Å²) in [7, 11) is 1.46. The number of hydrazone groups is 1. The van der Waals surface area contributed by atoms with Crippen LogP contribution in [0.3, 0.4) is 0 Å². The van der Waals surface area contributed by atoms with Gasteiger partial charge in [-0.15, -0.1) is 23.5 Å². The molecule has 0 aromatic heterocycles. The molecule has 0 radical (unpaired) electrons. The Labute approximate surface area is 180 Å². The molecule has 1 amide bonds. The quantitative estimate of drug-likeness (QED) is 0.455. The lowest BCUT2D eigenvalue weighted by atomic mass is 10.2. The molecule has 2 aromatic rings. The molecule has 3 rings (SSSR count). The average molecular weight is 483 g/mol. The highest BCUT2D eigenvalue weighted by atomic mass is 79.9. The molecule has 0 aliphatic carbocycles. The first-order chi connectivity index (χ1) is 13.6. The molecule has 9 heteroatoms. The maximum atomic E-state index is 11.9. The van der Waals surface area contributed by atoms with Crippen molar-refractivity contribution in [3.8, 4) is 17.2 Å². The molecule has 0 atom stereocenters. The molecule has 1 heterocycles. The van der Waals surface area contributed by atoms with E-state index in [1.165, 1.54) is 30.4 Å². The van der Waals surface area contributed by atoms with Gasteiger partial charge in [0.1, 0.15) is 5.75 Å². The standard InChI is InChI=1S/C19H19BrN2O4S2/c1-25-16-9-12(8-15(20)18(16)24)10-21-22-17(23)11-26-14-4-2-13(3-5-14)19-27-6-7-28-19/h2-5,8-10,19,24H,6-7,11H2,1H3,(H,22,23)/b21-10-. The molecule has 28 heavy (non-hydrogen) atoms. The highest BCUT2D eigenvalue weighted by Gasteiger charge is 2.18. The number of halogens is 1. The van der Waals surface area contributed by atoms with Gasteiger partial charge in [0.05, 0.1) is 22.4 Å². The van der Waals surface area contributed by atoms with Crippen LogP contribution in [0, 0.1) is 0 Å². The van der Waals surface area contributed by atoms with Gasteiger partial charge in [0.15, 0.2) is 18.1 Å². The molecule has 2 N–H and O–H groups in total. The number of nitrogens with zero attached hydrogens (tertiary/aromatic N) is 1. The predicted molar refractivity (Wildman–Crippen MR) is 118 cm³/mol. The van der Waals surface area contributed by atoms with Crippen LogP contribution in [0.15, 0.2) is 46.0 Å². The summed E-state index contributed by atoms with van der Waals surface area (Å²) >= 11 is 7.13. The maximum Gasteiger partial charge on any atom is 0.277 e. The van der Waals surface area contributed by atoms with Crippen molar-refractivity contribution in [3.63, 3.8) is 0 Å². The van der Waals surface area contributed by atoms with Gasteiger partial charge >= 0.3 is 0 Å². The third-order valence-corrected chi connectivity index (χ3v) is 7.53. The van der Waals surface area contributed by atoms with Crippen molar-refractivity contribution in [2.45, 2.75) is 4.58 Å². The van der Waals surface area contributed by atoms with E-state index in [1.54, 1.807) is 12.1 Å². The molecule has 6 nitrogen and oxygen atoms in total. The molecule has 1 fully saturated rings. The van der Waals surface area contributed by atoms with Gasteiger partial charge in [-0.25, -0.2) is 5.43 Å². The Morgan fingerprint density at radius 1 is 1.32 bits per heavy atom. The fourth-order valence-corrected chi connectivity index (χ4v) is 5.78. The van der Waals surface area contributed by atoms with Crippen molar-refractivity contribution < 1.29 is 19.4 Å². The summed E-state index contributed by atoms with van der Waals surface area (Å²) in [4.78, 5) is 11.9. The normalized spacial score (nSPS) is 14.4. The molecule has 1 aliphatic heterocycles. The lowest BCUT2D eigenvalue weighted by Crippen LogP contribution is -2.24. The van der Waals surface area contributed by atoms with Crippen LogP contribution in [0.1, 0.15) is 15.7 Å². The SMILES string of the molecule is COc1cc(/C=N\NC(=O)COc2ccc(C3SCCS3)cc2)cc(Br)c1O. The minimum absolute atomic E-state index is 0.00761. The van der Waals surface area contributed by atoms with E-state index < -0.39 is 0 Å². The fourth-order valence-electron chi connectivity index (χ4n) is 2.46. The smallest absolute Gasteiger partial charge is 0.277 e. The summed E-state index contributed by atoms with van der Waals surface area (Å²) < 4.78 is 11.5. The Hall–Kier alpha value is -1.84. The van der Waals surface area contributed by atoms with Crippen molar-refractivity contribution in [3.05, 3.63) is 52.0 Å². The lowest BCUT2D eigenvalue weighted by Gasteiger charge is -2.10. The Balaban J connectivity index is 1.48. The second-order valence-electron chi connectivity index (χ2n) is 5.78. The monoisotopic (exact) mass is 482 g/mol. The summed E-state index contributed by atoms with van der Waals surface area (Å²) in [5.41, 5.74) is 4.33. The largest absolute Gasteiger partial charge is 0.503 e. The Bertz CT molecular complexity index is 856. The number of nitrogens with one attached hydrogen (secondary N) is 1. The third kappa shape index (κ3) is 5.59. The van der Waals surface area contributed by atoms with Gasteiger partial charge in [-0.2, -0.15) is 5.10 Å². The van der Waals surface area contributed by atoms with Crippen molar-refractivity contribution in [2.24, 2.45) is 5.10 Å². The van der Waals surface area contributed by atoms with E-state index in [-0.39, 0.29) is 18.3 Å². The van der Waals surface area contributed by atoms with Crippen molar-refractivity contribution >= 4 is 51.6 Å². The number of benzene rings is 2. The summed E-state index contributed by atoms with van der Waals surface area (Å²) in [6, 6.07) is 11.1. The molecule has 2 aromatic carbocycles. The van der Waals surface area contributed by atoms with E-state index in [4.69, 9.17) is 9.47 Å². The lowest BCUT2D eigenvalue weighted by molar-refractivity contribution is -0.123. The van der Waals surface area contributed by atoms with Crippen LogP contribution in [0.25, 0.3) is 0 Å². The number of phenols is 1. The van der Waals surface area contributed by atoms with Crippen LogP contribution in [-0.2, 0) is 4.79 Å².